The fraction of sp³-hybridized carbons (Fsp3) is 0.600. The van der Waals surface area contributed by atoms with Gasteiger partial charge >= 0.3 is 0 Å². The van der Waals surface area contributed by atoms with Gasteiger partial charge in [-0.25, -0.2) is 0 Å². The quantitative estimate of drug-likeness (QED) is 0.839. The molecule has 0 unspecified atom stereocenters. The van der Waals surface area contributed by atoms with Crippen molar-refractivity contribution in [2.45, 2.75) is 26.7 Å². The molecule has 1 aromatic carbocycles. The Kier molecular flexibility index (Phi) is 4.06. The van der Waals surface area contributed by atoms with E-state index in [0.29, 0.717) is 0 Å². The molecule has 0 saturated heterocycles. The van der Waals surface area contributed by atoms with Crippen LogP contribution in [0.1, 0.15) is 25.0 Å². The van der Waals surface area contributed by atoms with Gasteiger partial charge in [0.05, 0.1) is 0 Å². The summed E-state index contributed by atoms with van der Waals surface area (Å²) in [7, 11) is 2.01. The first kappa shape index (κ1) is 12.4. The zero-order valence-electron chi connectivity index (χ0n) is 11.3. The Bertz CT molecular complexity index is 371. The summed E-state index contributed by atoms with van der Waals surface area (Å²) in [6.45, 7) is 8.03. The van der Waals surface area contributed by atoms with Crippen LogP contribution >= 0.6 is 0 Å². The summed E-state index contributed by atoms with van der Waals surface area (Å²) in [5, 5.41) is 3.21. The lowest BCUT2D eigenvalue weighted by atomic mass is 10.1. The molecule has 0 bridgehead atoms. The summed E-state index contributed by atoms with van der Waals surface area (Å²) >= 11 is 0. The number of benzene rings is 1. The van der Waals surface area contributed by atoms with Gasteiger partial charge in [0.25, 0.3) is 0 Å². The van der Waals surface area contributed by atoms with Crippen molar-refractivity contribution in [2.24, 2.45) is 5.92 Å². The maximum absolute atomic E-state index is 3.21. The first-order chi connectivity index (χ1) is 8.20. The van der Waals surface area contributed by atoms with Crippen molar-refractivity contribution in [3.05, 3.63) is 29.3 Å². The number of likely N-dealkylation sites (N-methyl/N-ethyl adjacent to an activating group) is 1. The second-order valence-corrected chi connectivity index (χ2v) is 5.41. The lowest BCUT2D eigenvalue weighted by Gasteiger charge is -2.21. The van der Waals surface area contributed by atoms with E-state index < -0.39 is 0 Å². The van der Waals surface area contributed by atoms with Crippen LogP contribution in [0.5, 0.6) is 0 Å². The Morgan fingerprint density at radius 3 is 2.88 bits per heavy atom. The average molecular weight is 232 g/mol. The zero-order chi connectivity index (χ0) is 12.3. The van der Waals surface area contributed by atoms with Gasteiger partial charge in [0.2, 0.25) is 0 Å². The largest absolute Gasteiger partial charge is 0.371 e. The smallest absolute Gasteiger partial charge is 0.0399 e. The Morgan fingerprint density at radius 2 is 2.18 bits per heavy atom. The molecular weight excluding hydrogens is 208 g/mol. The Hall–Kier alpha value is -1.02. The summed E-state index contributed by atoms with van der Waals surface area (Å²) in [5.74, 6) is 0.741. The van der Waals surface area contributed by atoms with Crippen molar-refractivity contribution in [2.75, 3.05) is 31.6 Å². The maximum atomic E-state index is 3.21. The van der Waals surface area contributed by atoms with Crippen molar-refractivity contribution < 1.29 is 0 Å². The van der Waals surface area contributed by atoms with E-state index in [1.54, 1.807) is 5.56 Å². The van der Waals surface area contributed by atoms with Gasteiger partial charge in [-0.05, 0) is 49.5 Å². The highest BCUT2D eigenvalue weighted by Crippen LogP contribution is 2.29. The minimum Gasteiger partial charge on any atom is -0.371 e. The van der Waals surface area contributed by atoms with Crippen LogP contribution in [0.3, 0.4) is 0 Å². The molecule has 2 rings (SSSR count). The van der Waals surface area contributed by atoms with E-state index in [-0.39, 0.29) is 0 Å². The molecule has 0 fully saturated rings. The van der Waals surface area contributed by atoms with Crippen LogP contribution < -0.4 is 10.2 Å². The Labute approximate surface area is 105 Å². The summed E-state index contributed by atoms with van der Waals surface area (Å²) in [5.41, 5.74) is 4.47. The van der Waals surface area contributed by atoms with Gasteiger partial charge in [0, 0.05) is 18.8 Å². The summed E-state index contributed by atoms with van der Waals surface area (Å²) in [6.07, 6.45) is 2.35. The monoisotopic (exact) mass is 232 g/mol. The predicted octanol–water partition coefficient (Wildman–Crippen LogP) is 2.47. The zero-order valence-corrected chi connectivity index (χ0v) is 11.3. The van der Waals surface area contributed by atoms with Crippen LogP contribution in [0.15, 0.2) is 18.2 Å². The first-order valence-corrected chi connectivity index (χ1v) is 6.72. The molecule has 0 aromatic heterocycles. The molecule has 0 aliphatic carbocycles. The number of anilines is 1. The van der Waals surface area contributed by atoms with Crippen LogP contribution in [-0.4, -0.2) is 26.7 Å². The van der Waals surface area contributed by atoms with E-state index in [9.17, 15) is 0 Å². The molecule has 1 aliphatic heterocycles. The second-order valence-electron chi connectivity index (χ2n) is 5.41. The van der Waals surface area contributed by atoms with Crippen LogP contribution in [0.25, 0.3) is 0 Å². The molecule has 1 N–H and O–H groups in total. The van der Waals surface area contributed by atoms with Crippen LogP contribution in [0.4, 0.5) is 5.69 Å². The Balaban J connectivity index is 2.08. The maximum Gasteiger partial charge on any atom is 0.0399 e. The molecule has 2 heteroatoms. The molecule has 0 amide bonds. The van der Waals surface area contributed by atoms with E-state index in [1.807, 2.05) is 7.05 Å². The van der Waals surface area contributed by atoms with E-state index >= 15 is 0 Å². The van der Waals surface area contributed by atoms with Crippen LogP contribution in [-0.2, 0) is 12.8 Å². The van der Waals surface area contributed by atoms with Gasteiger partial charge in [0.15, 0.2) is 0 Å². The van der Waals surface area contributed by atoms with Crippen molar-refractivity contribution >= 4 is 5.69 Å². The molecule has 1 aliphatic rings. The highest BCUT2D eigenvalue weighted by molar-refractivity contribution is 5.59. The molecule has 0 saturated carbocycles. The first-order valence-electron chi connectivity index (χ1n) is 6.72. The number of rotatable bonds is 5. The van der Waals surface area contributed by atoms with Gasteiger partial charge in [0.1, 0.15) is 0 Å². The third kappa shape index (κ3) is 3.01. The second kappa shape index (κ2) is 5.54. The number of nitrogens with one attached hydrogen (secondary N) is 1. The molecule has 0 atom stereocenters. The number of fused-ring (bicyclic) bond motifs is 1. The van der Waals surface area contributed by atoms with Crippen molar-refractivity contribution in [1.82, 2.24) is 5.32 Å². The third-order valence-corrected chi connectivity index (χ3v) is 3.38. The number of nitrogens with zero attached hydrogens (tertiary/aromatic N) is 1. The topological polar surface area (TPSA) is 15.3 Å². The lowest BCUT2D eigenvalue weighted by molar-refractivity contribution is 0.622. The fourth-order valence-corrected chi connectivity index (χ4v) is 2.58. The SMILES string of the molecule is CNCCc1ccc2c(c1)CCN2CC(C)C. The van der Waals surface area contributed by atoms with Gasteiger partial charge in [-0.15, -0.1) is 0 Å². The number of hydrogen-bond acceptors (Lipinski definition) is 2. The average Bonchev–Trinajstić information content (AvgIpc) is 2.68. The molecule has 0 radical (unpaired) electrons. The van der Waals surface area contributed by atoms with E-state index in [1.165, 1.54) is 30.8 Å². The van der Waals surface area contributed by atoms with Gasteiger partial charge < -0.3 is 10.2 Å². The number of hydrogen-bond donors (Lipinski definition) is 1. The van der Waals surface area contributed by atoms with E-state index in [2.05, 4.69) is 42.3 Å². The van der Waals surface area contributed by atoms with E-state index in [4.69, 9.17) is 0 Å². The minimum absolute atomic E-state index is 0.741. The Morgan fingerprint density at radius 1 is 1.35 bits per heavy atom. The van der Waals surface area contributed by atoms with Crippen molar-refractivity contribution in [3.8, 4) is 0 Å². The minimum atomic E-state index is 0.741. The van der Waals surface area contributed by atoms with Gasteiger partial charge in [-0.1, -0.05) is 26.0 Å². The lowest BCUT2D eigenvalue weighted by Crippen LogP contribution is -2.25. The molecule has 1 heterocycles. The molecule has 94 valence electrons. The summed E-state index contributed by atoms with van der Waals surface area (Å²) in [6, 6.07) is 7.00. The molecule has 17 heavy (non-hydrogen) atoms. The fourth-order valence-electron chi connectivity index (χ4n) is 2.58. The van der Waals surface area contributed by atoms with Crippen molar-refractivity contribution in [3.63, 3.8) is 0 Å². The summed E-state index contributed by atoms with van der Waals surface area (Å²) < 4.78 is 0. The molecular formula is C15H24N2. The summed E-state index contributed by atoms with van der Waals surface area (Å²) in [4.78, 5) is 2.53. The molecule has 0 spiro atoms. The highest BCUT2D eigenvalue weighted by atomic mass is 15.1. The normalized spacial score (nSPS) is 14.5. The highest BCUT2D eigenvalue weighted by Gasteiger charge is 2.19. The molecule has 1 aromatic rings. The predicted molar refractivity (Wildman–Crippen MR) is 74.8 cm³/mol. The van der Waals surface area contributed by atoms with Crippen molar-refractivity contribution in [1.29, 1.82) is 0 Å². The third-order valence-electron chi connectivity index (χ3n) is 3.38. The molecule has 2 nitrogen and oxygen atoms in total. The standard InChI is InChI=1S/C15H24N2/c1-12(2)11-17-9-7-14-10-13(6-8-16-3)4-5-15(14)17/h4-5,10,12,16H,6-9,11H2,1-3H3. The van der Waals surface area contributed by atoms with Crippen LogP contribution in [0.2, 0.25) is 0 Å². The van der Waals surface area contributed by atoms with Gasteiger partial charge in [-0.2, -0.15) is 0 Å². The van der Waals surface area contributed by atoms with E-state index in [0.717, 1.165) is 18.9 Å². The van der Waals surface area contributed by atoms with Crippen LogP contribution in [0, 0.1) is 5.92 Å². The van der Waals surface area contributed by atoms with Gasteiger partial charge in [-0.3, -0.25) is 0 Å².